The SMILES string of the molecule is CC(C)c1cccn1C.CC(C)c1cccs1.CC(C)c1ccn(C)n1.CC(C)c1cncs1.CC(C)c1cnn(C)c1.CC(C)c1cnn(C2CC2)c1.CC(C)c1cscn1.CC(C)n1cccn1.Cc1cc(C(C)C)ccn1.Cc1ccc(C(C)C)cn1.Cc1ccn(C)c1C(C)C.Cc1cncc(C(C)C)c1.Cc1nc(C(C)C)co1.Cc1ncc(C(C)C)s1. The second-order valence-electron chi connectivity index (χ2n) is 36.6. The van der Waals surface area contributed by atoms with Crippen molar-refractivity contribution in [1.29, 1.82) is 0 Å². The van der Waals surface area contributed by atoms with Crippen molar-refractivity contribution in [3.8, 4) is 0 Å². The Morgan fingerprint density at radius 3 is 1.30 bits per heavy atom. The lowest BCUT2D eigenvalue weighted by Crippen LogP contribution is -1.99. The molecule has 14 heterocycles. The summed E-state index contributed by atoms with van der Waals surface area (Å²) in [5.74, 6) is 8.62. The maximum Gasteiger partial charge on any atom is 0.191 e. The zero-order valence-electron chi connectivity index (χ0n) is 85.7. The van der Waals surface area contributed by atoms with Crippen LogP contribution in [-0.4, -0.2) is 83.1 Å². The van der Waals surface area contributed by atoms with E-state index in [1.165, 1.54) is 88.5 Å². The highest BCUT2D eigenvalue weighted by atomic mass is 32.1. The van der Waals surface area contributed by atoms with Crippen molar-refractivity contribution in [2.24, 2.45) is 28.2 Å². The molecule has 704 valence electrons. The van der Waals surface area contributed by atoms with Crippen molar-refractivity contribution in [2.45, 2.75) is 337 Å². The fourth-order valence-electron chi connectivity index (χ4n) is 11.4. The van der Waals surface area contributed by atoms with E-state index in [0.29, 0.717) is 83.0 Å². The summed E-state index contributed by atoms with van der Waals surface area (Å²) in [5.41, 5.74) is 21.5. The standard InChI is InChI=1S/C9H14N2.C9H13N.C9H15N.2C9H13N.C8H13N.2C7H12N2.C7H11NO.C7H11NS.C7H10S.C6H10N2.2C6H9NS/c1-7(2)8-5-10-11(6-8)9-3-4-9;1-7(2)9-4-8(3)5-10-6-9;1-7(2)9-8(3)5-6-10(9)4;1-7(2)9-4-5-10-8(3)6-9;1-7(2)9-5-4-8(3)10-6-9;1-7(2)8-5-4-6-9(8)3;1-6(2)7-4-8-9(3)5-7;1-6(2)7-4-5-9(3)8-7;1-5(2)7-4-9-6(3)8-7;1-5(2)7-4-8-6(3)9-7;1-6(2)7-4-3-5-8-7;1-6(2)8-5-3-4-7-8;1-5(2)6-3-8-4-7-6;1-5(2)6-3-7-4-8-6/h5-7,9H,3-4H2,1-2H3;4-7H,1-3H3;5-7H,1-4H3;2*4-7H,1-3H3;4-7H,1-3H3;2*4-6H,1-3H3;2*4-5H,1-3H3;2*3-6H,1-2H3;2*3-5H,1-2H3. The topological polar surface area (TPSA) is 185 Å². The molecular weight excluding hydrogens is 1660 g/mol. The molecule has 1 fully saturated rings. The number of thiophene rings is 1. The number of aryl methyl sites for hydroxylation is 10. The number of aromatic nitrogens is 17. The quantitative estimate of drug-likeness (QED) is 0.0947. The summed E-state index contributed by atoms with van der Waals surface area (Å²) in [6, 6.07) is 26.4. The van der Waals surface area contributed by atoms with Gasteiger partial charge in [-0.15, -0.1) is 45.3 Å². The smallest absolute Gasteiger partial charge is 0.191 e. The summed E-state index contributed by atoms with van der Waals surface area (Å²) >= 11 is 6.99. The highest BCUT2D eigenvalue weighted by Crippen LogP contribution is 2.35. The third-order valence-electron chi connectivity index (χ3n) is 19.8. The molecule has 14 aromatic heterocycles. The van der Waals surface area contributed by atoms with Crippen LogP contribution in [0.2, 0.25) is 0 Å². The molecule has 0 aromatic carbocycles. The summed E-state index contributed by atoms with van der Waals surface area (Å²) in [6.45, 7) is 72.9. The van der Waals surface area contributed by atoms with Crippen LogP contribution in [0.15, 0.2) is 198 Å². The average Bonchev–Trinajstić information content (AvgIpc) is 1.71. The van der Waals surface area contributed by atoms with Crippen LogP contribution in [0.25, 0.3) is 0 Å². The summed E-state index contributed by atoms with van der Waals surface area (Å²) < 4.78 is 17.0. The number of hydrogen-bond donors (Lipinski definition) is 0. The molecular formula is C106H165N17OS4. The van der Waals surface area contributed by atoms with Crippen molar-refractivity contribution in [3.63, 3.8) is 0 Å². The molecule has 1 aliphatic rings. The zero-order chi connectivity index (χ0) is 96.4. The van der Waals surface area contributed by atoms with E-state index in [9.17, 15) is 0 Å². The lowest BCUT2D eigenvalue weighted by Gasteiger charge is -2.07. The number of thiazole rings is 3. The van der Waals surface area contributed by atoms with Gasteiger partial charge in [0.2, 0.25) is 0 Å². The minimum atomic E-state index is 0.474. The van der Waals surface area contributed by atoms with Crippen molar-refractivity contribution in [2.75, 3.05) is 0 Å². The van der Waals surface area contributed by atoms with E-state index in [1.54, 1.807) is 46.5 Å². The molecule has 0 aliphatic heterocycles. The van der Waals surface area contributed by atoms with Gasteiger partial charge in [0.1, 0.15) is 6.26 Å². The van der Waals surface area contributed by atoms with Crippen molar-refractivity contribution >= 4 is 45.3 Å². The highest BCUT2D eigenvalue weighted by molar-refractivity contribution is 7.11. The van der Waals surface area contributed by atoms with Crippen LogP contribution < -0.4 is 0 Å². The van der Waals surface area contributed by atoms with Crippen molar-refractivity contribution in [1.82, 2.24) is 83.1 Å². The predicted molar refractivity (Wildman–Crippen MR) is 552 cm³/mol. The molecule has 18 nitrogen and oxygen atoms in total. The highest BCUT2D eigenvalue weighted by Gasteiger charge is 2.24. The maximum atomic E-state index is 5.01. The minimum Gasteiger partial charge on any atom is -0.449 e. The number of nitrogens with zero attached hydrogens (tertiary/aromatic N) is 17. The van der Waals surface area contributed by atoms with Crippen molar-refractivity contribution in [3.05, 3.63) is 298 Å². The molecule has 0 bridgehead atoms. The molecule has 1 aliphatic carbocycles. The summed E-state index contributed by atoms with van der Waals surface area (Å²) in [7, 11) is 8.05. The maximum absolute atomic E-state index is 5.01. The Kier molecular flexibility index (Phi) is 55.6. The van der Waals surface area contributed by atoms with E-state index in [4.69, 9.17) is 4.42 Å². The largest absolute Gasteiger partial charge is 0.449 e. The van der Waals surface area contributed by atoms with Crippen LogP contribution in [0.3, 0.4) is 0 Å². The van der Waals surface area contributed by atoms with Gasteiger partial charge in [-0.25, -0.2) is 15.0 Å². The van der Waals surface area contributed by atoms with Crippen LogP contribution in [0.4, 0.5) is 0 Å². The fraction of sp³-hybridized carbons (Fsp3) is 0.519. The summed E-state index contributed by atoms with van der Waals surface area (Å²) in [4.78, 5) is 33.0. The Labute approximate surface area is 790 Å². The number of pyridine rings is 3. The van der Waals surface area contributed by atoms with E-state index in [-0.39, 0.29) is 0 Å². The third kappa shape index (κ3) is 48.3. The Morgan fingerprint density at radius 1 is 0.398 bits per heavy atom. The third-order valence-corrected chi connectivity index (χ3v) is 23.9. The Balaban J connectivity index is 0.000000467. The second-order valence-corrected chi connectivity index (χ2v) is 40.5. The first-order valence-electron chi connectivity index (χ1n) is 45.9. The molecule has 0 saturated heterocycles. The van der Waals surface area contributed by atoms with Gasteiger partial charge in [-0.1, -0.05) is 198 Å². The monoisotopic (exact) mass is 1820 g/mol. The number of rotatable bonds is 15. The van der Waals surface area contributed by atoms with Gasteiger partial charge in [0.15, 0.2) is 5.89 Å². The van der Waals surface area contributed by atoms with Crippen molar-refractivity contribution < 1.29 is 4.42 Å². The van der Waals surface area contributed by atoms with Crippen LogP contribution in [0, 0.1) is 41.5 Å². The Hall–Kier alpha value is -9.35. The van der Waals surface area contributed by atoms with E-state index >= 15 is 0 Å². The zero-order valence-corrected chi connectivity index (χ0v) is 89.0. The lowest BCUT2D eigenvalue weighted by atomic mass is 10.0. The van der Waals surface area contributed by atoms with Gasteiger partial charge in [0.05, 0.1) is 51.5 Å². The van der Waals surface area contributed by atoms with Crippen LogP contribution in [0.1, 0.15) is 400 Å². The normalized spacial score (nSPS) is 11.2. The first-order chi connectivity index (χ1) is 60.2. The molecule has 1 saturated carbocycles. The molecule has 0 N–H and O–H groups in total. The van der Waals surface area contributed by atoms with E-state index in [0.717, 1.165) is 34.7 Å². The number of oxazole rings is 1. The van der Waals surface area contributed by atoms with Gasteiger partial charge in [-0.05, 0) is 237 Å². The minimum absolute atomic E-state index is 0.474. The van der Waals surface area contributed by atoms with Gasteiger partial charge in [0.25, 0.3) is 0 Å². The average molecular weight is 1820 g/mol. The van der Waals surface area contributed by atoms with Gasteiger partial charge < -0.3 is 13.6 Å². The van der Waals surface area contributed by atoms with E-state index < -0.39 is 0 Å². The molecule has 22 heteroatoms. The molecule has 0 spiro atoms. The first-order valence-corrected chi connectivity index (χ1v) is 49.4. The predicted octanol–water partition coefficient (Wildman–Crippen LogP) is 31.1. The van der Waals surface area contributed by atoms with Crippen LogP contribution in [0.5, 0.6) is 0 Å². The van der Waals surface area contributed by atoms with Gasteiger partial charge in [0, 0.05) is 165 Å². The van der Waals surface area contributed by atoms with Gasteiger partial charge in [-0.3, -0.25) is 38.7 Å². The Bertz CT molecular complexity index is 4590. The Morgan fingerprint density at radius 2 is 1.02 bits per heavy atom. The molecule has 0 amide bonds. The van der Waals surface area contributed by atoms with Gasteiger partial charge in [-0.2, -0.15) is 20.4 Å². The molecule has 0 atom stereocenters. The fourth-order valence-corrected chi connectivity index (χ4v) is 14.3. The first kappa shape index (κ1) is 115. The second kappa shape index (κ2) is 62.0. The summed E-state index contributed by atoms with van der Waals surface area (Å²) in [5, 5.41) is 22.0. The van der Waals surface area contributed by atoms with E-state index in [1.807, 2.05) is 158 Å². The molecule has 15 rings (SSSR count). The van der Waals surface area contributed by atoms with Crippen LogP contribution in [-0.2, 0) is 28.2 Å². The summed E-state index contributed by atoms with van der Waals surface area (Å²) in [6.07, 6.45) is 33.9. The molecule has 128 heavy (non-hydrogen) atoms. The van der Waals surface area contributed by atoms with E-state index in [2.05, 4.69) is 381 Å². The lowest BCUT2D eigenvalue weighted by molar-refractivity contribution is 0.520. The molecule has 0 radical (unpaired) electrons. The number of hydrogen-bond acceptors (Lipinski definition) is 16. The van der Waals surface area contributed by atoms with Crippen LogP contribution >= 0.6 is 45.3 Å². The molecule has 14 aromatic rings. The molecule has 0 unspecified atom stereocenters. The van der Waals surface area contributed by atoms with Gasteiger partial charge >= 0.3 is 0 Å².